The number of hydrogen-bond acceptors (Lipinski definition) is 2. The van der Waals surface area contributed by atoms with E-state index < -0.39 is 0 Å². The third-order valence-corrected chi connectivity index (χ3v) is 3.56. The lowest BCUT2D eigenvalue weighted by Crippen LogP contribution is -2.15. The summed E-state index contributed by atoms with van der Waals surface area (Å²) in [6.45, 7) is 1.09. The van der Waals surface area contributed by atoms with E-state index in [1.54, 1.807) is 6.33 Å². The van der Waals surface area contributed by atoms with Gasteiger partial charge in [-0.3, -0.25) is 4.68 Å². The average Bonchev–Trinajstić information content (AvgIpc) is 2.73. The van der Waals surface area contributed by atoms with Crippen molar-refractivity contribution >= 4 is 0 Å². The van der Waals surface area contributed by atoms with Crippen LogP contribution in [-0.2, 0) is 6.54 Å². The highest BCUT2D eigenvalue weighted by molar-refractivity contribution is 4.92. The first-order valence-corrected chi connectivity index (χ1v) is 5.24. The van der Waals surface area contributed by atoms with E-state index in [0.717, 1.165) is 24.3 Å². The van der Waals surface area contributed by atoms with Gasteiger partial charge in [-0.25, -0.2) is 4.98 Å². The third-order valence-electron chi connectivity index (χ3n) is 3.56. The van der Waals surface area contributed by atoms with Crippen LogP contribution in [-0.4, -0.2) is 14.8 Å². The molecule has 2 aliphatic rings. The van der Waals surface area contributed by atoms with Crippen molar-refractivity contribution in [1.29, 1.82) is 0 Å². The van der Waals surface area contributed by atoms with Crippen molar-refractivity contribution in [3.63, 3.8) is 0 Å². The Morgan fingerprint density at radius 3 is 3.00 bits per heavy atom. The Labute approximate surface area is 78.2 Å². The van der Waals surface area contributed by atoms with Crippen molar-refractivity contribution < 1.29 is 0 Å². The van der Waals surface area contributed by atoms with E-state index in [1.165, 1.54) is 25.7 Å². The van der Waals surface area contributed by atoms with Crippen LogP contribution >= 0.6 is 0 Å². The minimum atomic E-state index is 0.866. The molecular weight excluding hydrogens is 162 g/mol. The second-order valence-electron chi connectivity index (χ2n) is 4.55. The highest BCUT2D eigenvalue weighted by atomic mass is 15.3. The van der Waals surface area contributed by atoms with Gasteiger partial charge in [0.2, 0.25) is 0 Å². The summed E-state index contributed by atoms with van der Waals surface area (Å²) in [7, 11) is 0. The average molecular weight is 177 g/mol. The summed E-state index contributed by atoms with van der Waals surface area (Å²) < 4.78 is 1.98. The van der Waals surface area contributed by atoms with E-state index >= 15 is 0 Å². The fourth-order valence-corrected chi connectivity index (χ4v) is 2.71. The van der Waals surface area contributed by atoms with Crippen LogP contribution in [0.2, 0.25) is 0 Å². The van der Waals surface area contributed by atoms with E-state index in [0.29, 0.717) is 0 Å². The Bertz CT molecular complexity index is 280. The first-order valence-electron chi connectivity index (χ1n) is 5.24. The topological polar surface area (TPSA) is 30.7 Å². The zero-order valence-corrected chi connectivity index (χ0v) is 7.76. The van der Waals surface area contributed by atoms with E-state index in [1.807, 2.05) is 11.0 Å². The minimum Gasteiger partial charge on any atom is -0.253 e. The lowest BCUT2D eigenvalue weighted by atomic mass is 9.89. The molecule has 13 heavy (non-hydrogen) atoms. The molecule has 0 saturated heterocycles. The maximum absolute atomic E-state index is 4.15. The van der Waals surface area contributed by atoms with Gasteiger partial charge in [-0.2, -0.15) is 5.10 Å². The van der Waals surface area contributed by atoms with Gasteiger partial charge in [0.25, 0.3) is 0 Å². The van der Waals surface area contributed by atoms with Crippen LogP contribution in [0.3, 0.4) is 0 Å². The molecule has 2 saturated carbocycles. The van der Waals surface area contributed by atoms with Crippen LogP contribution < -0.4 is 0 Å². The molecule has 2 aliphatic carbocycles. The Morgan fingerprint density at radius 2 is 2.23 bits per heavy atom. The summed E-state index contributed by atoms with van der Waals surface area (Å²) in [6, 6.07) is 0. The number of hydrogen-bond donors (Lipinski definition) is 0. The molecule has 70 valence electrons. The summed E-state index contributed by atoms with van der Waals surface area (Å²) in [4.78, 5) is 3.97. The number of nitrogens with zero attached hydrogens (tertiary/aromatic N) is 3. The summed E-state index contributed by atoms with van der Waals surface area (Å²) in [6.07, 6.45) is 9.27. The SMILES string of the molecule is c1ncn(CC2CCC3CC3C2)n1. The van der Waals surface area contributed by atoms with Crippen molar-refractivity contribution in [2.24, 2.45) is 17.8 Å². The van der Waals surface area contributed by atoms with Gasteiger partial charge >= 0.3 is 0 Å². The summed E-state index contributed by atoms with van der Waals surface area (Å²) in [5, 5.41) is 4.15. The van der Waals surface area contributed by atoms with Crippen LogP contribution in [0.5, 0.6) is 0 Å². The zero-order chi connectivity index (χ0) is 8.67. The Balaban J connectivity index is 1.60. The van der Waals surface area contributed by atoms with Crippen molar-refractivity contribution in [1.82, 2.24) is 14.8 Å². The van der Waals surface area contributed by atoms with Crippen LogP contribution in [0.25, 0.3) is 0 Å². The maximum Gasteiger partial charge on any atom is 0.137 e. The molecule has 0 amide bonds. The fourth-order valence-electron chi connectivity index (χ4n) is 2.71. The van der Waals surface area contributed by atoms with Gasteiger partial charge in [0.15, 0.2) is 0 Å². The lowest BCUT2D eigenvalue weighted by Gasteiger charge is -2.20. The van der Waals surface area contributed by atoms with Crippen molar-refractivity contribution in [3.05, 3.63) is 12.7 Å². The van der Waals surface area contributed by atoms with Gasteiger partial charge < -0.3 is 0 Å². The molecule has 3 heteroatoms. The normalized spacial score (nSPS) is 37.1. The molecule has 0 aliphatic heterocycles. The van der Waals surface area contributed by atoms with Gasteiger partial charge in [-0.15, -0.1) is 0 Å². The summed E-state index contributed by atoms with van der Waals surface area (Å²) in [5.41, 5.74) is 0. The van der Waals surface area contributed by atoms with Crippen LogP contribution in [0.4, 0.5) is 0 Å². The molecule has 1 aromatic heterocycles. The van der Waals surface area contributed by atoms with Gasteiger partial charge in [0.1, 0.15) is 12.7 Å². The molecule has 0 bridgehead atoms. The molecule has 3 rings (SSSR count). The molecule has 3 unspecified atom stereocenters. The second-order valence-corrected chi connectivity index (χ2v) is 4.55. The number of rotatable bonds is 2. The van der Waals surface area contributed by atoms with Crippen molar-refractivity contribution in [2.45, 2.75) is 32.2 Å². The van der Waals surface area contributed by atoms with Crippen LogP contribution in [0.15, 0.2) is 12.7 Å². The highest BCUT2D eigenvalue weighted by Gasteiger charge is 2.41. The molecule has 1 aromatic rings. The molecule has 0 N–H and O–H groups in total. The largest absolute Gasteiger partial charge is 0.253 e. The summed E-state index contributed by atoms with van der Waals surface area (Å²) in [5.74, 6) is 3.04. The molecular formula is C10H15N3. The van der Waals surface area contributed by atoms with Crippen molar-refractivity contribution in [3.8, 4) is 0 Å². The second kappa shape index (κ2) is 2.82. The van der Waals surface area contributed by atoms with E-state index in [9.17, 15) is 0 Å². The van der Waals surface area contributed by atoms with Crippen molar-refractivity contribution in [2.75, 3.05) is 0 Å². The lowest BCUT2D eigenvalue weighted by molar-refractivity contribution is 0.296. The molecule has 0 radical (unpaired) electrons. The standard InChI is InChI=1S/C10H15N3/c1-2-9-4-10(9)3-8(1)5-13-7-11-6-12-13/h6-10H,1-5H2. The Morgan fingerprint density at radius 1 is 1.23 bits per heavy atom. The van der Waals surface area contributed by atoms with Crippen LogP contribution in [0, 0.1) is 17.8 Å². The van der Waals surface area contributed by atoms with Gasteiger partial charge in [-0.1, -0.05) is 0 Å². The predicted octanol–water partition coefficient (Wildman–Crippen LogP) is 1.71. The molecule has 0 spiro atoms. The van der Waals surface area contributed by atoms with E-state index in [2.05, 4.69) is 10.1 Å². The monoisotopic (exact) mass is 177 g/mol. The molecule has 1 heterocycles. The quantitative estimate of drug-likeness (QED) is 0.688. The van der Waals surface area contributed by atoms with Gasteiger partial charge in [-0.05, 0) is 43.4 Å². The Kier molecular flexibility index (Phi) is 1.64. The predicted molar refractivity (Wildman–Crippen MR) is 49.0 cm³/mol. The zero-order valence-electron chi connectivity index (χ0n) is 7.76. The number of fused-ring (bicyclic) bond motifs is 1. The maximum atomic E-state index is 4.15. The first kappa shape index (κ1) is 7.54. The van der Waals surface area contributed by atoms with E-state index in [-0.39, 0.29) is 0 Å². The molecule has 3 atom stereocenters. The molecule has 0 aromatic carbocycles. The van der Waals surface area contributed by atoms with Gasteiger partial charge in [0.05, 0.1) is 0 Å². The molecule has 3 nitrogen and oxygen atoms in total. The fraction of sp³-hybridized carbons (Fsp3) is 0.800. The summed E-state index contributed by atoms with van der Waals surface area (Å²) >= 11 is 0. The minimum absolute atomic E-state index is 0.866. The number of aromatic nitrogens is 3. The molecule has 2 fully saturated rings. The third kappa shape index (κ3) is 1.47. The first-order chi connectivity index (χ1) is 6.42. The highest BCUT2D eigenvalue weighted by Crippen LogP contribution is 2.51. The smallest absolute Gasteiger partial charge is 0.137 e. The van der Waals surface area contributed by atoms with Crippen LogP contribution in [0.1, 0.15) is 25.7 Å². The van der Waals surface area contributed by atoms with E-state index in [4.69, 9.17) is 0 Å². The van der Waals surface area contributed by atoms with Gasteiger partial charge in [0, 0.05) is 6.54 Å². The Hall–Kier alpha value is -0.860.